The van der Waals surface area contributed by atoms with E-state index in [1.807, 2.05) is 6.08 Å². The quantitative estimate of drug-likeness (QED) is 0.693. The van der Waals surface area contributed by atoms with Crippen molar-refractivity contribution >= 4 is 17.2 Å². The van der Waals surface area contributed by atoms with E-state index in [0.717, 1.165) is 23.4 Å². The Morgan fingerprint density at radius 2 is 2.38 bits per heavy atom. The van der Waals surface area contributed by atoms with Crippen molar-refractivity contribution in [1.29, 1.82) is 0 Å². The van der Waals surface area contributed by atoms with Crippen molar-refractivity contribution < 1.29 is 4.52 Å². The first-order valence-corrected chi connectivity index (χ1v) is 4.50. The summed E-state index contributed by atoms with van der Waals surface area (Å²) < 4.78 is 5.02. The first-order valence-electron chi connectivity index (χ1n) is 4.12. The third kappa shape index (κ3) is 1.80. The fourth-order valence-electron chi connectivity index (χ4n) is 1.23. The van der Waals surface area contributed by atoms with Gasteiger partial charge in [0.15, 0.2) is 5.82 Å². The van der Waals surface area contributed by atoms with Gasteiger partial charge in [0.25, 0.3) is 5.89 Å². The molecule has 1 heterocycles. The Kier molecular flexibility index (Phi) is 2.19. The molecule has 13 heavy (non-hydrogen) atoms. The lowest BCUT2D eigenvalue weighted by Crippen LogP contribution is -1.88. The molecule has 0 spiro atoms. The number of allylic oxidation sites excluding steroid dienone is 4. The van der Waals surface area contributed by atoms with Crippen LogP contribution in [0, 0.1) is 6.92 Å². The van der Waals surface area contributed by atoms with E-state index in [4.69, 9.17) is 16.1 Å². The van der Waals surface area contributed by atoms with Gasteiger partial charge >= 0.3 is 0 Å². The van der Waals surface area contributed by atoms with Crippen LogP contribution in [-0.2, 0) is 0 Å². The number of aryl methyl sites for hydroxylation is 1. The van der Waals surface area contributed by atoms with Gasteiger partial charge < -0.3 is 4.52 Å². The first-order chi connectivity index (χ1) is 6.25. The number of hydrogen-bond donors (Lipinski definition) is 0. The maximum atomic E-state index is 5.90. The van der Waals surface area contributed by atoms with Gasteiger partial charge in [-0.3, -0.25) is 0 Å². The van der Waals surface area contributed by atoms with Crippen LogP contribution in [0.3, 0.4) is 0 Å². The fourth-order valence-corrected chi connectivity index (χ4v) is 1.46. The third-order valence-electron chi connectivity index (χ3n) is 1.83. The van der Waals surface area contributed by atoms with Gasteiger partial charge in [0.1, 0.15) is 0 Å². The number of hydrogen-bond acceptors (Lipinski definition) is 3. The maximum absolute atomic E-state index is 5.90. The number of rotatable bonds is 1. The summed E-state index contributed by atoms with van der Waals surface area (Å²) in [6.45, 7) is 1.79. The highest BCUT2D eigenvalue weighted by atomic mass is 35.5. The summed E-state index contributed by atoms with van der Waals surface area (Å²) in [5.41, 5.74) is 0.928. The van der Waals surface area contributed by atoms with Gasteiger partial charge in [0, 0.05) is 10.6 Å². The van der Waals surface area contributed by atoms with Crippen molar-refractivity contribution in [3.05, 3.63) is 28.9 Å². The van der Waals surface area contributed by atoms with Gasteiger partial charge in [-0.25, -0.2) is 0 Å². The number of aromatic nitrogens is 2. The predicted molar refractivity (Wildman–Crippen MR) is 50.2 cm³/mol. The van der Waals surface area contributed by atoms with Gasteiger partial charge in [0.05, 0.1) is 0 Å². The molecule has 0 radical (unpaired) electrons. The highest BCUT2D eigenvalue weighted by Gasteiger charge is 2.10. The van der Waals surface area contributed by atoms with Crippen molar-refractivity contribution in [1.82, 2.24) is 10.1 Å². The van der Waals surface area contributed by atoms with Crippen LogP contribution in [0.1, 0.15) is 24.6 Å². The van der Waals surface area contributed by atoms with E-state index in [9.17, 15) is 0 Å². The lowest BCUT2D eigenvalue weighted by atomic mass is 10.1. The Hall–Kier alpha value is -1.09. The zero-order chi connectivity index (χ0) is 9.26. The van der Waals surface area contributed by atoms with E-state index in [0.29, 0.717) is 11.7 Å². The van der Waals surface area contributed by atoms with Gasteiger partial charge in [-0.15, -0.1) is 0 Å². The van der Waals surface area contributed by atoms with Crippen LogP contribution in [0.5, 0.6) is 0 Å². The van der Waals surface area contributed by atoms with Crippen LogP contribution < -0.4 is 0 Å². The smallest absolute Gasteiger partial charge is 0.257 e. The Morgan fingerprint density at radius 3 is 3.00 bits per heavy atom. The van der Waals surface area contributed by atoms with E-state index in [1.54, 1.807) is 6.92 Å². The van der Waals surface area contributed by atoms with Crippen molar-refractivity contribution in [3.63, 3.8) is 0 Å². The molecule has 0 saturated carbocycles. The molecule has 0 aromatic carbocycles. The van der Waals surface area contributed by atoms with Crippen molar-refractivity contribution in [2.45, 2.75) is 19.8 Å². The summed E-state index contributed by atoms with van der Waals surface area (Å²) >= 11 is 5.90. The highest BCUT2D eigenvalue weighted by Crippen LogP contribution is 2.25. The summed E-state index contributed by atoms with van der Waals surface area (Å²) in [6, 6.07) is 0. The van der Waals surface area contributed by atoms with E-state index in [2.05, 4.69) is 16.2 Å². The van der Waals surface area contributed by atoms with Gasteiger partial charge in [-0.05, 0) is 25.8 Å². The predicted octanol–water partition coefficient (Wildman–Crippen LogP) is 2.68. The molecule has 4 heteroatoms. The molecule has 0 saturated heterocycles. The summed E-state index contributed by atoms with van der Waals surface area (Å²) in [5.74, 6) is 1.20. The monoisotopic (exact) mass is 196 g/mol. The van der Waals surface area contributed by atoms with Crippen molar-refractivity contribution in [3.8, 4) is 0 Å². The van der Waals surface area contributed by atoms with Crippen LogP contribution in [0.25, 0.3) is 5.57 Å². The Balaban J connectivity index is 2.32. The lowest BCUT2D eigenvalue weighted by molar-refractivity contribution is 0.403. The second kappa shape index (κ2) is 3.34. The zero-order valence-corrected chi connectivity index (χ0v) is 8.01. The molecule has 1 aromatic rings. The molecule has 2 rings (SSSR count). The molecule has 0 amide bonds. The van der Waals surface area contributed by atoms with E-state index in [1.165, 1.54) is 0 Å². The normalized spacial score (nSPS) is 16.8. The Labute approximate surface area is 81.1 Å². The summed E-state index contributed by atoms with van der Waals surface area (Å²) in [5, 5.41) is 4.56. The molecule has 0 aliphatic heterocycles. The molecular formula is C9H9ClN2O. The molecule has 0 atom stereocenters. The molecule has 0 unspecified atom stereocenters. The number of halogens is 1. The Bertz CT molecular complexity index is 379. The van der Waals surface area contributed by atoms with Crippen LogP contribution in [0.4, 0.5) is 0 Å². The van der Waals surface area contributed by atoms with Crippen molar-refractivity contribution in [2.24, 2.45) is 0 Å². The van der Waals surface area contributed by atoms with Gasteiger partial charge in [-0.1, -0.05) is 22.8 Å². The topological polar surface area (TPSA) is 38.9 Å². The molecule has 0 bridgehead atoms. The molecule has 68 valence electrons. The summed E-state index contributed by atoms with van der Waals surface area (Å²) in [4.78, 5) is 4.12. The standard InChI is InChI=1S/C9H9ClN2O/c1-6-11-9(13-12-6)7-3-2-4-8(10)5-7/h3,5H,2,4H2,1H3. The largest absolute Gasteiger partial charge is 0.334 e. The molecule has 1 aliphatic rings. The molecule has 1 aromatic heterocycles. The average Bonchev–Trinajstić information content (AvgIpc) is 2.52. The minimum Gasteiger partial charge on any atom is -0.334 e. The van der Waals surface area contributed by atoms with E-state index < -0.39 is 0 Å². The van der Waals surface area contributed by atoms with Gasteiger partial charge in [0.2, 0.25) is 0 Å². The maximum Gasteiger partial charge on any atom is 0.257 e. The van der Waals surface area contributed by atoms with Crippen LogP contribution in [-0.4, -0.2) is 10.1 Å². The lowest BCUT2D eigenvalue weighted by Gasteiger charge is -2.04. The molecule has 0 N–H and O–H groups in total. The molecule has 3 nitrogen and oxygen atoms in total. The SMILES string of the molecule is Cc1noc(C2=CCCC(Cl)=C2)n1. The number of nitrogens with zero attached hydrogens (tertiary/aromatic N) is 2. The van der Waals surface area contributed by atoms with Crippen LogP contribution in [0.2, 0.25) is 0 Å². The minimum absolute atomic E-state index is 0.551. The highest BCUT2D eigenvalue weighted by molar-refractivity contribution is 6.30. The molecule has 0 fully saturated rings. The second-order valence-electron chi connectivity index (χ2n) is 2.94. The van der Waals surface area contributed by atoms with Crippen LogP contribution in [0.15, 0.2) is 21.7 Å². The minimum atomic E-state index is 0.551. The van der Waals surface area contributed by atoms with Gasteiger partial charge in [-0.2, -0.15) is 4.98 Å². The second-order valence-corrected chi connectivity index (χ2v) is 3.42. The third-order valence-corrected chi connectivity index (χ3v) is 2.13. The summed E-state index contributed by atoms with van der Waals surface area (Å²) in [7, 11) is 0. The Morgan fingerprint density at radius 1 is 1.54 bits per heavy atom. The van der Waals surface area contributed by atoms with Crippen LogP contribution >= 0.6 is 11.6 Å². The summed E-state index contributed by atoms with van der Waals surface area (Å²) in [6.07, 6.45) is 5.76. The van der Waals surface area contributed by atoms with Crippen molar-refractivity contribution in [2.75, 3.05) is 0 Å². The fraction of sp³-hybridized carbons (Fsp3) is 0.333. The molecule has 1 aliphatic carbocycles. The zero-order valence-electron chi connectivity index (χ0n) is 7.25. The van der Waals surface area contributed by atoms with E-state index in [-0.39, 0.29) is 0 Å². The van der Waals surface area contributed by atoms with E-state index >= 15 is 0 Å². The molecular weight excluding hydrogens is 188 g/mol. The average molecular weight is 197 g/mol. The first kappa shape index (κ1) is 8.51.